The van der Waals surface area contributed by atoms with Crippen LogP contribution in [0.1, 0.15) is 34.6 Å². The lowest BCUT2D eigenvalue weighted by Gasteiger charge is -2.23. The second kappa shape index (κ2) is 10.6. The molecule has 0 aromatic heterocycles. The molecule has 8 rings (SSSR count). The average Bonchev–Trinajstić information content (AvgIpc) is 3.53. The van der Waals surface area contributed by atoms with Crippen molar-refractivity contribution in [2.75, 3.05) is 5.32 Å². The van der Waals surface area contributed by atoms with Crippen LogP contribution in [0.2, 0.25) is 0 Å². The summed E-state index contributed by atoms with van der Waals surface area (Å²) in [4.78, 5) is 10.3. The minimum atomic E-state index is -0.397. The molecule has 5 nitrogen and oxygen atoms in total. The SMILES string of the molecule is c1ccc(C2=NC(c3cccc4c(-c5cccc(C6Nc7ccccc7O6)c5)cccc34)N=C(c3ccccc3)N2)cc1. The van der Waals surface area contributed by atoms with Crippen molar-refractivity contribution in [3.05, 3.63) is 168 Å². The number of para-hydroxylation sites is 2. The van der Waals surface area contributed by atoms with Crippen molar-refractivity contribution < 1.29 is 4.74 Å². The molecule has 2 aliphatic heterocycles. The molecular formula is C38H28N4O. The third-order valence-electron chi connectivity index (χ3n) is 7.99. The summed E-state index contributed by atoms with van der Waals surface area (Å²) in [6, 6.07) is 50.0. The van der Waals surface area contributed by atoms with Crippen molar-refractivity contribution >= 4 is 28.1 Å². The van der Waals surface area contributed by atoms with Gasteiger partial charge in [0.2, 0.25) is 0 Å². The molecular weight excluding hydrogens is 528 g/mol. The van der Waals surface area contributed by atoms with Crippen molar-refractivity contribution in [1.82, 2.24) is 5.32 Å². The molecule has 1 atom stereocenters. The Labute approximate surface area is 250 Å². The Balaban J connectivity index is 1.21. The van der Waals surface area contributed by atoms with Crippen LogP contribution in [0.3, 0.4) is 0 Å². The Hall–Kier alpha value is -5.68. The van der Waals surface area contributed by atoms with Crippen LogP contribution in [-0.4, -0.2) is 11.7 Å². The first-order chi connectivity index (χ1) is 21.3. The summed E-state index contributed by atoms with van der Waals surface area (Å²) in [7, 11) is 0. The van der Waals surface area contributed by atoms with E-state index in [0.717, 1.165) is 67.3 Å². The number of amidine groups is 2. The summed E-state index contributed by atoms with van der Waals surface area (Å²) in [6.45, 7) is 0. The van der Waals surface area contributed by atoms with Crippen LogP contribution in [0, 0.1) is 0 Å². The largest absolute Gasteiger partial charge is 0.464 e. The van der Waals surface area contributed by atoms with Crippen molar-refractivity contribution in [3.63, 3.8) is 0 Å². The van der Waals surface area contributed by atoms with E-state index in [9.17, 15) is 0 Å². The Morgan fingerprint density at radius 1 is 0.535 bits per heavy atom. The highest BCUT2D eigenvalue weighted by molar-refractivity contribution is 6.16. The molecule has 0 spiro atoms. The average molecular weight is 557 g/mol. The van der Waals surface area contributed by atoms with Gasteiger partial charge in [-0.2, -0.15) is 0 Å². The van der Waals surface area contributed by atoms with Crippen molar-refractivity contribution in [2.45, 2.75) is 12.4 Å². The third kappa shape index (κ3) is 4.71. The van der Waals surface area contributed by atoms with Crippen LogP contribution in [-0.2, 0) is 0 Å². The zero-order valence-corrected chi connectivity index (χ0v) is 23.3. The van der Waals surface area contributed by atoms with Crippen LogP contribution in [0.25, 0.3) is 21.9 Å². The maximum absolute atomic E-state index is 6.22. The van der Waals surface area contributed by atoms with E-state index in [1.54, 1.807) is 0 Å². The maximum atomic E-state index is 6.22. The zero-order valence-electron chi connectivity index (χ0n) is 23.3. The standard InChI is InChI=1S/C38H28N4O/c1-3-12-25(13-4-1)35-40-36(26-14-5-2-6-15-26)42-37(41-35)32-21-11-19-30-29(18-10-20-31(30)32)27-16-9-17-28(24-27)38-39-33-22-7-8-23-34(33)43-38/h1-24,37-39H,(H,40,41,42). The second-order valence-corrected chi connectivity index (χ2v) is 10.7. The molecule has 206 valence electrons. The van der Waals surface area contributed by atoms with Crippen molar-refractivity contribution in [2.24, 2.45) is 9.98 Å². The summed E-state index contributed by atoms with van der Waals surface area (Å²) in [5.74, 6) is 2.50. The van der Waals surface area contributed by atoms with Gasteiger partial charge in [-0.1, -0.05) is 127 Å². The molecule has 2 aliphatic rings. The second-order valence-electron chi connectivity index (χ2n) is 10.7. The first-order valence-electron chi connectivity index (χ1n) is 14.5. The van der Waals surface area contributed by atoms with Crippen LogP contribution < -0.4 is 15.4 Å². The van der Waals surface area contributed by atoms with E-state index in [2.05, 4.69) is 95.6 Å². The topological polar surface area (TPSA) is 58.0 Å². The fourth-order valence-corrected chi connectivity index (χ4v) is 5.89. The van der Waals surface area contributed by atoms with E-state index >= 15 is 0 Å². The Morgan fingerprint density at radius 2 is 1.16 bits per heavy atom. The van der Waals surface area contributed by atoms with E-state index < -0.39 is 6.17 Å². The highest BCUT2D eigenvalue weighted by Gasteiger charge is 2.24. The van der Waals surface area contributed by atoms with Crippen molar-refractivity contribution in [3.8, 4) is 16.9 Å². The number of benzene rings is 6. The number of hydrogen-bond donors (Lipinski definition) is 2. The van der Waals surface area contributed by atoms with Gasteiger partial charge in [-0.3, -0.25) is 0 Å². The Morgan fingerprint density at radius 3 is 1.91 bits per heavy atom. The number of fused-ring (bicyclic) bond motifs is 2. The van der Waals surface area contributed by atoms with Gasteiger partial charge in [0.25, 0.3) is 0 Å². The summed E-state index contributed by atoms with van der Waals surface area (Å²) in [5, 5.41) is 9.28. The maximum Gasteiger partial charge on any atom is 0.196 e. The first kappa shape index (κ1) is 25.1. The van der Waals surface area contributed by atoms with Crippen LogP contribution in [0.4, 0.5) is 5.69 Å². The lowest BCUT2D eigenvalue weighted by atomic mass is 9.93. The summed E-state index contributed by atoms with van der Waals surface area (Å²) in [6.07, 6.45) is -0.624. The van der Waals surface area contributed by atoms with Gasteiger partial charge in [0.05, 0.1) is 5.69 Å². The van der Waals surface area contributed by atoms with Crippen molar-refractivity contribution in [1.29, 1.82) is 0 Å². The Kier molecular flexibility index (Phi) is 6.19. The fraction of sp³-hybridized carbons (Fsp3) is 0.0526. The molecule has 0 fully saturated rings. The molecule has 1 unspecified atom stereocenters. The smallest absolute Gasteiger partial charge is 0.196 e. The van der Waals surface area contributed by atoms with Gasteiger partial charge in [0.1, 0.15) is 17.4 Å². The number of hydrogen-bond acceptors (Lipinski definition) is 5. The monoisotopic (exact) mass is 556 g/mol. The number of rotatable bonds is 5. The minimum Gasteiger partial charge on any atom is -0.464 e. The molecule has 2 heterocycles. The minimum absolute atomic E-state index is 0.228. The van der Waals surface area contributed by atoms with Gasteiger partial charge < -0.3 is 15.4 Å². The number of nitrogens with zero attached hydrogens (tertiary/aromatic N) is 2. The van der Waals surface area contributed by atoms with Gasteiger partial charge >= 0.3 is 0 Å². The summed E-state index contributed by atoms with van der Waals surface area (Å²) in [5.41, 5.74) is 7.50. The normalized spacial score (nSPS) is 16.0. The van der Waals surface area contributed by atoms with Crippen LogP contribution in [0.15, 0.2) is 156 Å². The number of anilines is 1. The quantitative estimate of drug-likeness (QED) is 0.224. The first-order valence-corrected chi connectivity index (χ1v) is 14.5. The highest BCUT2D eigenvalue weighted by Crippen LogP contribution is 2.40. The molecule has 0 saturated carbocycles. The number of aliphatic imine (C=N–C) groups is 2. The molecule has 0 aliphatic carbocycles. The van der Waals surface area contributed by atoms with Crippen LogP contribution in [0.5, 0.6) is 5.75 Å². The van der Waals surface area contributed by atoms with Gasteiger partial charge in [-0.05, 0) is 40.1 Å². The number of ether oxygens (including phenoxy) is 1. The van der Waals surface area contributed by atoms with E-state index in [1.807, 2.05) is 60.7 Å². The van der Waals surface area contributed by atoms with Crippen LogP contribution >= 0.6 is 0 Å². The molecule has 5 heteroatoms. The van der Waals surface area contributed by atoms with Gasteiger partial charge in [0.15, 0.2) is 12.4 Å². The molecule has 0 radical (unpaired) electrons. The van der Waals surface area contributed by atoms with Gasteiger partial charge in [0, 0.05) is 22.3 Å². The van der Waals surface area contributed by atoms with E-state index in [-0.39, 0.29) is 6.23 Å². The molecule has 0 saturated heterocycles. The molecule has 6 aromatic rings. The van der Waals surface area contributed by atoms with E-state index in [4.69, 9.17) is 14.7 Å². The molecule has 0 amide bonds. The highest BCUT2D eigenvalue weighted by atomic mass is 16.5. The summed E-state index contributed by atoms with van der Waals surface area (Å²) >= 11 is 0. The number of nitrogens with one attached hydrogen (secondary N) is 2. The van der Waals surface area contributed by atoms with E-state index in [0.29, 0.717) is 0 Å². The lowest BCUT2D eigenvalue weighted by Crippen LogP contribution is -2.36. The molecule has 0 bridgehead atoms. The van der Waals surface area contributed by atoms with E-state index in [1.165, 1.54) is 0 Å². The molecule has 2 N–H and O–H groups in total. The lowest BCUT2D eigenvalue weighted by molar-refractivity contribution is 0.260. The molecule has 43 heavy (non-hydrogen) atoms. The third-order valence-corrected chi connectivity index (χ3v) is 7.99. The fourth-order valence-electron chi connectivity index (χ4n) is 5.89. The predicted molar refractivity (Wildman–Crippen MR) is 175 cm³/mol. The van der Waals surface area contributed by atoms with Gasteiger partial charge in [-0.15, -0.1) is 0 Å². The zero-order chi connectivity index (χ0) is 28.6. The summed E-state index contributed by atoms with van der Waals surface area (Å²) < 4.78 is 6.22. The van der Waals surface area contributed by atoms with Gasteiger partial charge in [-0.25, -0.2) is 9.98 Å². The molecule has 6 aromatic carbocycles. The Bertz CT molecular complexity index is 1940. The predicted octanol–water partition coefficient (Wildman–Crippen LogP) is 8.51.